The van der Waals surface area contributed by atoms with E-state index in [-0.39, 0.29) is 16.8 Å². The Morgan fingerprint density at radius 3 is 2.67 bits per heavy atom. The lowest BCUT2D eigenvalue weighted by Gasteiger charge is -2.09. The molecule has 0 N–H and O–H groups in total. The number of alkyl halides is 1. The van der Waals surface area contributed by atoms with Gasteiger partial charge in [0.25, 0.3) is 0 Å². The quantitative estimate of drug-likeness (QED) is 0.329. The van der Waals surface area contributed by atoms with Crippen molar-refractivity contribution in [3.63, 3.8) is 0 Å². The van der Waals surface area contributed by atoms with E-state index < -0.39 is 29.7 Å². The molecule has 0 fully saturated rings. The molecule has 0 heterocycles. The number of hydrogen-bond donors (Lipinski definition) is 0. The minimum absolute atomic E-state index is 0.101. The van der Waals surface area contributed by atoms with Gasteiger partial charge in [-0.3, -0.25) is 14.6 Å². The summed E-state index contributed by atoms with van der Waals surface area (Å²) >= 11 is 8.29. The smallest absolute Gasteiger partial charge is 0.327 e. The highest BCUT2D eigenvalue weighted by Gasteiger charge is 2.27. The molecule has 0 aliphatic rings. The van der Waals surface area contributed by atoms with E-state index in [1.165, 1.54) is 12.1 Å². The SMILES string of the molecule is CCOC(=O)C(C=Nc1ccc(Br)c(F)c1)C(=O)OCCl. The Kier molecular flexibility index (Phi) is 7.31. The van der Waals surface area contributed by atoms with Crippen LogP contribution in [0.25, 0.3) is 0 Å². The molecule has 8 heteroatoms. The Morgan fingerprint density at radius 1 is 1.43 bits per heavy atom. The number of benzene rings is 1. The van der Waals surface area contributed by atoms with E-state index in [0.717, 1.165) is 12.3 Å². The van der Waals surface area contributed by atoms with Gasteiger partial charge in [-0.05, 0) is 35.0 Å². The van der Waals surface area contributed by atoms with Crippen molar-refractivity contribution < 1.29 is 23.5 Å². The fourth-order valence-electron chi connectivity index (χ4n) is 1.32. The summed E-state index contributed by atoms with van der Waals surface area (Å²) in [5.74, 6) is -3.56. The van der Waals surface area contributed by atoms with Crippen molar-refractivity contribution in [2.24, 2.45) is 10.9 Å². The van der Waals surface area contributed by atoms with E-state index in [9.17, 15) is 14.0 Å². The molecule has 1 aromatic carbocycles. The molecular weight excluding hydrogens is 369 g/mol. The first-order chi connectivity index (χ1) is 9.99. The normalized spacial score (nSPS) is 12.2. The fraction of sp³-hybridized carbons (Fsp3) is 0.308. The number of halogens is 3. The van der Waals surface area contributed by atoms with E-state index in [2.05, 4.69) is 25.7 Å². The van der Waals surface area contributed by atoms with Gasteiger partial charge in [0.05, 0.1) is 16.8 Å². The van der Waals surface area contributed by atoms with Crippen LogP contribution in [0.15, 0.2) is 27.7 Å². The van der Waals surface area contributed by atoms with Gasteiger partial charge in [0.1, 0.15) is 5.82 Å². The van der Waals surface area contributed by atoms with E-state index in [1.807, 2.05) is 0 Å². The minimum Gasteiger partial charge on any atom is -0.465 e. The minimum atomic E-state index is -1.35. The fourth-order valence-corrected chi connectivity index (χ4v) is 1.67. The Morgan fingerprint density at radius 2 is 2.10 bits per heavy atom. The molecular formula is C13H12BrClFNO4. The number of aliphatic imine (C=N–C) groups is 1. The molecule has 114 valence electrons. The summed E-state index contributed by atoms with van der Waals surface area (Å²) in [5, 5.41) is 0. The maximum absolute atomic E-state index is 13.3. The van der Waals surface area contributed by atoms with Gasteiger partial charge < -0.3 is 9.47 Å². The van der Waals surface area contributed by atoms with Crippen LogP contribution in [0.2, 0.25) is 0 Å². The average molecular weight is 381 g/mol. The van der Waals surface area contributed by atoms with Crippen molar-refractivity contribution in [1.29, 1.82) is 0 Å². The lowest BCUT2D eigenvalue weighted by Crippen LogP contribution is -2.29. The molecule has 0 saturated heterocycles. The van der Waals surface area contributed by atoms with Gasteiger partial charge in [0.15, 0.2) is 12.0 Å². The first-order valence-electron chi connectivity index (χ1n) is 5.88. The first-order valence-corrected chi connectivity index (χ1v) is 7.20. The molecule has 0 spiro atoms. The second-order valence-electron chi connectivity index (χ2n) is 3.68. The zero-order chi connectivity index (χ0) is 15.8. The van der Waals surface area contributed by atoms with Crippen LogP contribution in [0.3, 0.4) is 0 Å². The van der Waals surface area contributed by atoms with Crippen molar-refractivity contribution in [2.45, 2.75) is 6.92 Å². The van der Waals surface area contributed by atoms with Gasteiger partial charge in [-0.2, -0.15) is 0 Å². The largest absolute Gasteiger partial charge is 0.465 e. The average Bonchev–Trinajstić information content (AvgIpc) is 2.43. The van der Waals surface area contributed by atoms with E-state index in [1.54, 1.807) is 6.92 Å². The van der Waals surface area contributed by atoms with Crippen LogP contribution in [0.5, 0.6) is 0 Å². The predicted octanol–water partition coefficient (Wildman–Crippen LogP) is 3.21. The summed E-state index contributed by atoms with van der Waals surface area (Å²) < 4.78 is 22.9. The molecule has 0 saturated carbocycles. The molecule has 0 aromatic heterocycles. The third kappa shape index (κ3) is 5.43. The summed E-state index contributed by atoms with van der Waals surface area (Å²) in [5.41, 5.74) is 0.240. The number of ether oxygens (including phenoxy) is 2. The highest BCUT2D eigenvalue weighted by atomic mass is 79.9. The number of esters is 2. The van der Waals surface area contributed by atoms with Crippen LogP contribution in [0.4, 0.5) is 10.1 Å². The standard InChI is InChI=1S/C13H12BrClFNO4/c1-2-20-12(18)9(13(19)21-7-15)6-17-8-3-4-10(14)11(16)5-8/h3-6,9H,2,7H2,1H3. The number of carbonyl (C=O) groups excluding carboxylic acids is 2. The predicted molar refractivity (Wildman–Crippen MR) is 79.2 cm³/mol. The van der Waals surface area contributed by atoms with Gasteiger partial charge in [-0.15, -0.1) is 0 Å². The number of nitrogens with zero attached hydrogens (tertiary/aromatic N) is 1. The van der Waals surface area contributed by atoms with Gasteiger partial charge in [-0.25, -0.2) is 4.39 Å². The van der Waals surface area contributed by atoms with Crippen LogP contribution in [-0.4, -0.2) is 30.8 Å². The van der Waals surface area contributed by atoms with Gasteiger partial charge in [0.2, 0.25) is 0 Å². The molecule has 0 aliphatic carbocycles. The second kappa shape index (κ2) is 8.74. The van der Waals surface area contributed by atoms with Gasteiger partial charge in [0, 0.05) is 12.3 Å². The first kappa shape index (κ1) is 17.6. The van der Waals surface area contributed by atoms with Crippen LogP contribution in [0.1, 0.15) is 6.92 Å². The van der Waals surface area contributed by atoms with Crippen LogP contribution >= 0.6 is 27.5 Å². The van der Waals surface area contributed by atoms with E-state index in [4.69, 9.17) is 16.3 Å². The maximum atomic E-state index is 13.3. The molecule has 0 aliphatic heterocycles. The van der Waals surface area contributed by atoms with Crippen molar-refractivity contribution in [3.8, 4) is 0 Å². The van der Waals surface area contributed by atoms with Gasteiger partial charge in [-0.1, -0.05) is 11.6 Å². The molecule has 1 rings (SSSR count). The molecule has 1 atom stereocenters. The van der Waals surface area contributed by atoms with Crippen molar-refractivity contribution in [2.75, 3.05) is 12.7 Å². The summed E-state index contributed by atoms with van der Waals surface area (Å²) in [6.07, 6.45) is 1.04. The highest BCUT2D eigenvalue weighted by molar-refractivity contribution is 9.10. The third-order valence-corrected chi connectivity index (χ3v) is 3.02. The van der Waals surface area contributed by atoms with Gasteiger partial charge >= 0.3 is 11.9 Å². The highest BCUT2D eigenvalue weighted by Crippen LogP contribution is 2.21. The molecule has 21 heavy (non-hydrogen) atoms. The molecule has 1 aromatic rings. The summed E-state index contributed by atoms with van der Waals surface area (Å²) in [4.78, 5) is 27.2. The summed E-state index contributed by atoms with van der Waals surface area (Å²) in [6.45, 7) is 1.70. The molecule has 0 bridgehead atoms. The Bertz CT molecular complexity index is 535. The van der Waals surface area contributed by atoms with Crippen molar-refractivity contribution >= 4 is 51.4 Å². The number of carbonyl (C=O) groups is 2. The lowest BCUT2D eigenvalue weighted by molar-refractivity contribution is -0.156. The van der Waals surface area contributed by atoms with Crippen LogP contribution < -0.4 is 0 Å². The molecule has 0 radical (unpaired) electrons. The Hall–Kier alpha value is -1.47. The summed E-state index contributed by atoms with van der Waals surface area (Å²) in [6, 6.07) is 3.72. The number of rotatable bonds is 6. The Balaban J connectivity index is 2.93. The second-order valence-corrected chi connectivity index (χ2v) is 4.75. The van der Waals surface area contributed by atoms with Crippen LogP contribution in [0, 0.1) is 11.7 Å². The zero-order valence-corrected chi connectivity index (χ0v) is 13.4. The van der Waals surface area contributed by atoms with Crippen molar-refractivity contribution in [1.82, 2.24) is 0 Å². The van der Waals surface area contributed by atoms with E-state index in [0.29, 0.717) is 0 Å². The van der Waals surface area contributed by atoms with E-state index >= 15 is 0 Å². The number of hydrogen-bond acceptors (Lipinski definition) is 5. The maximum Gasteiger partial charge on any atom is 0.327 e. The molecule has 0 amide bonds. The third-order valence-electron chi connectivity index (χ3n) is 2.27. The van der Waals surface area contributed by atoms with Crippen LogP contribution in [-0.2, 0) is 19.1 Å². The zero-order valence-electron chi connectivity index (χ0n) is 11.0. The molecule has 5 nitrogen and oxygen atoms in total. The monoisotopic (exact) mass is 379 g/mol. The summed E-state index contributed by atoms with van der Waals surface area (Å²) in [7, 11) is 0. The lowest BCUT2D eigenvalue weighted by atomic mass is 10.2. The van der Waals surface area contributed by atoms with Crippen molar-refractivity contribution in [3.05, 3.63) is 28.5 Å². The topological polar surface area (TPSA) is 65.0 Å². The Labute approximate surface area is 134 Å². The molecule has 1 unspecified atom stereocenters.